The fourth-order valence-corrected chi connectivity index (χ4v) is 2.98. The summed E-state index contributed by atoms with van der Waals surface area (Å²) in [6, 6.07) is 1.31. The van der Waals surface area contributed by atoms with Gasteiger partial charge in [-0.05, 0) is 17.9 Å². The summed E-state index contributed by atoms with van der Waals surface area (Å²) < 4.78 is 5.79. The Kier molecular flexibility index (Phi) is 11.4. The van der Waals surface area contributed by atoms with Gasteiger partial charge in [0.15, 0.2) is 9.76 Å². The average molecular weight is 259 g/mol. The zero-order valence-electron chi connectivity index (χ0n) is 12.7. The molecule has 2 heteroatoms. The Morgan fingerprint density at radius 2 is 1.35 bits per heavy atom. The second-order valence-corrected chi connectivity index (χ2v) is 7.71. The molecule has 0 aliphatic heterocycles. The Bertz CT molecular complexity index is 151. The standard InChI is InChI=1S/C15H34OSi/c1-5-6-7-8-9-10-11-12-13-16-17-14-15(2,3)4/h5-14,17H2,1-4H3. The van der Waals surface area contributed by atoms with E-state index < -0.39 is 0 Å². The van der Waals surface area contributed by atoms with Gasteiger partial charge in [0.2, 0.25) is 0 Å². The smallest absolute Gasteiger partial charge is 0.162 e. The van der Waals surface area contributed by atoms with Crippen LogP contribution in [0.3, 0.4) is 0 Å². The lowest BCUT2D eigenvalue weighted by Crippen LogP contribution is -2.11. The summed E-state index contributed by atoms with van der Waals surface area (Å²) in [4.78, 5) is 0. The summed E-state index contributed by atoms with van der Waals surface area (Å²) >= 11 is 0. The van der Waals surface area contributed by atoms with Gasteiger partial charge in [0.1, 0.15) is 0 Å². The Morgan fingerprint density at radius 3 is 1.88 bits per heavy atom. The maximum atomic E-state index is 5.79. The summed E-state index contributed by atoms with van der Waals surface area (Å²) in [5.74, 6) is 0. The van der Waals surface area contributed by atoms with Gasteiger partial charge in [0, 0.05) is 6.61 Å². The van der Waals surface area contributed by atoms with Crippen molar-refractivity contribution >= 4 is 9.76 Å². The molecule has 0 N–H and O–H groups in total. The molecule has 0 aliphatic carbocycles. The van der Waals surface area contributed by atoms with Crippen LogP contribution >= 0.6 is 0 Å². The Hall–Kier alpha value is 0.177. The molecule has 17 heavy (non-hydrogen) atoms. The van der Waals surface area contributed by atoms with Crippen molar-refractivity contribution in [1.82, 2.24) is 0 Å². The molecule has 0 saturated carbocycles. The molecule has 0 rings (SSSR count). The van der Waals surface area contributed by atoms with Gasteiger partial charge in [0.25, 0.3) is 0 Å². The van der Waals surface area contributed by atoms with E-state index in [9.17, 15) is 0 Å². The lowest BCUT2D eigenvalue weighted by Gasteiger charge is -2.17. The highest BCUT2D eigenvalue weighted by Gasteiger charge is 2.09. The third kappa shape index (κ3) is 16.2. The van der Waals surface area contributed by atoms with Crippen molar-refractivity contribution in [3.05, 3.63) is 0 Å². The summed E-state index contributed by atoms with van der Waals surface area (Å²) in [6.45, 7) is 10.2. The van der Waals surface area contributed by atoms with Crippen molar-refractivity contribution in [2.24, 2.45) is 5.41 Å². The Balaban J connectivity index is 2.99. The van der Waals surface area contributed by atoms with Crippen LogP contribution < -0.4 is 0 Å². The first-order chi connectivity index (χ1) is 8.06. The molecule has 0 aromatic rings. The van der Waals surface area contributed by atoms with Crippen molar-refractivity contribution in [1.29, 1.82) is 0 Å². The van der Waals surface area contributed by atoms with Gasteiger partial charge in [-0.25, -0.2) is 0 Å². The summed E-state index contributed by atoms with van der Waals surface area (Å²) in [5.41, 5.74) is 0.478. The maximum absolute atomic E-state index is 5.79. The van der Waals surface area contributed by atoms with Gasteiger partial charge in [-0.3, -0.25) is 0 Å². The first-order valence-corrected chi connectivity index (χ1v) is 9.22. The van der Waals surface area contributed by atoms with Crippen molar-refractivity contribution < 1.29 is 4.43 Å². The van der Waals surface area contributed by atoms with E-state index in [4.69, 9.17) is 4.43 Å². The van der Waals surface area contributed by atoms with Crippen LogP contribution in [-0.4, -0.2) is 16.4 Å². The zero-order chi connectivity index (χ0) is 13.0. The molecular formula is C15H34OSi. The van der Waals surface area contributed by atoms with E-state index in [2.05, 4.69) is 27.7 Å². The molecule has 0 spiro atoms. The molecule has 0 saturated heterocycles. The quantitative estimate of drug-likeness (QED) is 0.386. The number of rotatable bonds is 11. The molecule has 0 amide bonds. The third-order valence-corrected chi connectivity index (χ3v) is 5.42. The fourth-order valence-electron chi connectivity index (χ4n) is 1.82. The molecule has 0 aromatic heterocycles. The van der Waals surface area contributed by atoms with Gasteiger partial charge in [-0.1, -0.05) is 72.6 Å². The van der Waals surface area contributed by atoms with E-state index >= 15 is 0 Å². The highest BCUT2D eigenvalue weighted by molar-refractivity contribution is 6.27. The highest BCUT2D eigenvalue weighted by Crippen LogP contribution is 2.18. The monoisotopic (exact) mass is 258 g/mol. The second-order valence-electron chi connectivity index (χ2n) is 6.40. The van der Waals surface area contributed by atoms with E-state index in [1.807, 2.05) is 0 Å². The minimum Gasteiger partial charge on any atom is -0.424 e. The van der Waals surface area contributed by atoms with Crippen LogP contribution in [0.4, 0.5) is 0 Å². The van der Waals surface area contributed by atoms with Gasteiger partial charge in [-0.15, -0.1) is 0 Å². The molecule has 0 aromatic carbocycles. The second kappa shape index (κ2) is 11.3. The van der Waals surface area contributed by atoms with Crippen LogP contribution in [0, 0.1) is 5.41 Å². The van der Waals surface area contributed by atoms with Gasteiger partial charge in [-0.2, -0.15) is 0 Å². The van der Waals surface area contributed by atoms with Crippen molar-refractivity contribution in [2.45, 2.75) is 85.1 Å². The molecule has 1 nitrogen and oxygen atoms in total. The molecule has 0 aliphatic rings. The number of unbranched alkanes of at least 4 members (excludes halogenated alkanes) is 7. The first kappa shape index (κ1) is 17.2. The molecular weight excluding hydrogens is 224 g/mol. The molecule has 0 unspecified atom stereocenters. The van der Waals surface area contributed by atoms with Gasteiger partial charge >= 0.3 is 0 Å². The lowest BCUT2D eigenvalue weighted by atomic mass is 10.0. The predicted molar refractivity (Wildman–Crippen MR) is 81.4 cm³/mol. The zero-order valence-corrected chi connectivity index (χ0v) is 14.1. The fraction of sp³-hybridized carbons (Fsp3) is 1.00. The van der Waals surface area contributed by atoms with Crippen molar-refractivity contribution in [2.75, 3.05) is 6.61 Å². The molecule has 0 fully saturated rings. The number of hydrogen-bond donors (Lipinski definition) is 0. The molecule has 104 valence electrons. The van der Waals surface area contributed by atoms with Gasteiger partial charge < -0.3 is 4.43 Å². The molecule has 0 atom stereocenters. The minimum absolute atomic E-state index is 0.244. The van der Waals surface area contributed by atoms with Crippen LogP contribution in [0.5, 0.6) is 0 Å². The highest BCUT2D eigenvalue weighted by atomic mass is 28.2. The molecule has 0 bridgehead atoms. The third-order valence-electron chi connectivity index (χ3n) is 3.14. The lowest BCUT2D eigenvalue weighted by molar-refractivity contribution is 0.309. The molecule has 0 radical (unpaired) electrons. The predicted octanol–water partition coefficient (Wildman–Crippen LogP) is 4.69. The van der Waals surface area contributed by atoms with E-state index in [-0.39, 0.29) is 9.76 Å². The Labute approximate surface area is 112 Å². The average Bonchev–Trinajstić information content (AvgIpc) is 2.24. The van der Waals surface area contributed by atoms with Gasteiger partial charge in [0.05, 0.1) is 0 Å². The summed E-state index contributed by atoms with van der Waals surface area (Å²) in [6.07, 6.45) is 11.1. The van der Waals surface area contributed by atoms with E-state index in [1.54, 1.807) is 0 Å². The normalized spacial score (nSPS) is 12.7. The SMILES string of the molecule is CCCCCCCCCCO[SiH2]CC(C)(C)C. The van der Waals surface area contributed by atoms with E-state index in [0.29, 0.717) is 5.41 Å². The van der Waals surface area contributed by atoms with Crippen molar-refractivity contribution in [3.63, 3.8) is 0 Å². The van der Waals surface area contributed by atoms with Crippen LogP contribution in [0.2, 0.25) is 6.04 Å². The summed E-state index contributed by atoms with van der Waals surface area (Å²) in [5, 5.41) is 0. The van der Waals surface area contributed by atoms with E-state index in [0.717, 1.165) is 6.61 Å². The largest absolute Gasteiger partial charge is 0.424 e. The van der Waals surface area contributed by atoms with Crippen LogP contribution in [0.25, 0.3) is 0 Å². The van der Waals surface area contributed by atoms with E-state index in [1.165, 1.54) is 57.4 Å². The first-order valence-electron chi connectivity index (χ1n) is 7.64. The number of hydrogen-bond acceptors (Lipinski definition) is 1. The minimum atomic E-state index is -0.244. The molecule has 0 heterocycles. The van der Waals surface area contributed by atoms with Crippen molar-refractivity contribution in [3.8, 4) is 0 Å². The van der Waals surface area contributed by atoms with Crippen LogP contribution in [0.15, 0.2) is 0 Å². The van der Waals surface area contributed by atoms with Crippen LogP contribution in [0.1, 0.15) is 79.1 Å². The topological polar surface area (TPSA) is 9.23 Å². The Morgan fingerprint density at radius 1 is 0.824 bits per heavy atom. The maximum Gasteiger partial charge on any atom is 0.162 e. The summed E-state index contributed by atoms with van der Waals surface area (Å²) in [7, 11) is -0.244. The van der Waals surface area contributed by atoms with Crippen LogP contribution in [-0.2, 0) is 4.43 Å².